The summed E-state index contributed by atoms with van der Waals surface area (Å²) in [6.45, 7) is 2.88. The molecule has 0 amide bonds. The van der Waals surface area contributed by atoms with E-state index in [2.05, 4.69) is 27.8 Å². The molecule has 1 aromatic carbocycles. The highest BCUT2D eigenvalue weighted by molar-refractivity contribution is 9.10. The van der Waals surface area contributed by atoms with Crippen molar-refractivity contribution >= 4 is 15.9 Å². The number of benzene rings is 1. The average Bonchev–Trinajstić information content (AvgIpc) is 2.10. The van der Waals surface area contributed by atoms with Gasteiger partial charge in [-0.1, -0.05) is 11.8 Å². The first-order chi connectivity index (χ1) is 6.81. The van der Waals surface area contributed by atoms with Gasteiger partial charge in [-0.3, -0.25) is 0 Å². The van der Waals surface area contributed by atoms with Crippen molar-refractivity contribution in [2.45, 2.75) is 19.4 Å². The van der Waals surface area contributed by atoms with Crippen molar-refractivity contribution in [2.24, 2.45) is 0 Å². The van der Waals surface area contributed by atoms with Crippen LogP contribution in [0.4, 0.5) is 8.78 Å². The summed E-state index contributed by atoms with van der Waals surface area (Å²) in [6.07, 6.45) is 0. The highest BCUT2D eigenvalue weighted by Crippen LogP contribution is 2.20. The van der Waals surface area contributed by atoms with Crippen LogP contribution in [-0.4, -0.2) is 10.7 Å². The molecule has 4 heteroatoms. The van der Waals surface area contributed by atoms with Crippen molar-refractivity contribution in [1.29, 1.82) is 0 Å². The number of hydrogen-bond acceptors (Lipinski definition) is 1. The fourth-order valence-corrected chi connectivity index (χ4v) is 1.19. The Morgan fingerprint density at radius 1 is 1.33 bits per heavy atom. The zero-order valence-electron chi connectivity index (χ0n) is 8.24. The summed E-state index contributed by atoms with van der Waals surface area (Å²) in [7, 11) is 0. The van der Waals surface area contributed by atoms with E-state index in [0.29, 0.717) is 0 Å². The minimum absolute atomic E-state index is 0.143. The molecule has 1 N–H and O–H groups in total. The van der Waals surface area contributed by atoms with Crippen molar-refractivity contribution in [2.75, 3.05) is 0 Å². The molecule has 1 rings (SSSR count). The Bertz CT molecular complexity index is 438. The van der Waals surface area contributed by atoms with Crippen LogP contribution in [0.2, 0.25) is 0 Å². The van der Waals surface area contributed by atoms with Gasteiger partial charge < -0.3 is 5.11 Å². The maximum Gasteiger partial charge on any atom is 0.155 e. The second-order valence-corrected chi connectivity index (χ2v) is 4.38. The molecule has 15 heavy (non-hydrogen) atoms. The highest BCUT2D eigenvalue weighted by Gasteiger charge is 2.11. The molecule has 0 spiro atoms. The van der Waals surface area contributed by atoms with Gasteiger partial charge >= 0.3 is 0 Å². The quantitative estimate of drug-likeness (QED) is 0.570. The second-order valence-electron chi connectivity index (χ2n) is 3.53. The van der Waals surface area contributed by atoms with Gasteiger partial charge in [0.1, 0.15) is 11.4 Å². The lowest BCUT2D eigenvalue weighted by atomic mass is 10.1. The Morgan fingerprint density at radius 2 is 1.93 bits per heavy atom. The minimum Gasteiger partial charge on any atom is -0.378 e. The lowest BCUT2D eigenvalue weighted by molar-refractivity contribution is 0.143. The van der Waals surface area contributed by atoms with Crippen molar-refractivity contribution in [3.05, 3.63) is 33.8 Å². The second kappa shape index (κ2) is 4.30. The Labute approximate surface area is 95.2 Å². The maximum absolute atomic E-state index is 13.4. The van der Waals surface area contributed by atoms with Gasteiger partial charge in [0.05, 0.1) is 10.0 Å². The summed E-state index contributed by atoms with van der Waals surface area (Å²) in [4.78, 5) is 0. The topological polar surface area (TPSA) is 20.2 Å². The Balaban J connectivity index is 3.25. The first kappa shape index (κ1) is 12.2. The van der Waals surface area contributed by atoms with E-state index < -0.39 is 17.2 Å². The van der Waals surface area contributed by atoms with Crippen molar-refractivity contribution in [3.8, 4) is 11.8 Å². The smallest absolute Gasteiger partial charge is 0.155 e. The van der Waals surface area contributed by atoms with Gasteiger partial charge in [0.2, 0.25) is 0 Å². The fourth-order valence-electron chi connectivity index (χ4n) is 0.857. The molecular formula is C11H9BrF2O. The van der Waals surface area contributed by atoms with Gasteiger partial charge in [-0.15, -0.1) is 0 Å². The van der Waals surface area contributed by atoms with Crippen LogP contribution in [0.3, 0.4) is 0 Å². The van der Waals surface area contributed by atoms with E-state index in [1.165, 1.54) is 19.9 Å². The largest absolute Gasteiger partial charge is 0.378 e. The number of rotatable bonds is 0. The molecule has 0 bridgehead atoms. The Hall–Kier alpha value is -0.920. The summed E-state index contributed by atoms with van der Waals surface area (Å²) in [5.41, 5.74) is -1.62. The summed E-state index contributed by atoms with van der Waals surface area (Å²) in [6, 6.07) is 2.38. The molecule has 0 aliphatic carbocycles. The minimum atomic E-state index is -1.28. The molecule has 0 heterocycles. The van der Waals surface area contributed by atoms with E-state index >= 15 is 0 Å². The molecule has 0 saturated heterocycles. The third-order valence-electron chi connectivity index (χ3n) is 1.54. The van der Waals surface area contributed by atoms with Gasteiger partial charge in [-0.2, -0.15) is 0 Å². The number of hydrogen-bond donors (Lipinski definition) is 1. The zero-order valence-corrected chi connectivity index (χ0v) is 9.82. The molecular weight excluding hydrogens is 266 g/mol. The zero-order chi connectivity index (χ0) is 11.6. The van der Waals surface area contributed by atoms with E-state index in [4.69, 9.17) is 0 Å². The lowest BCUT2D eigenvalue weighted by Crippen LogP contribution is -2.14. The molecule has 80 valence electrons. The van der Waals surface area contributed by atoms with E-state index in [0.717, 1.165) is 6.07 Å². The van der Waals surface area contributed by atoms with Crippen LogP contribution in [0.15, 0.2) is 16.6 Å². The predicted molar refractivity (Wildman–Crippen MR) is 57.2 cm³/mol. The van der Waals surface area contributed by atoms with Crippen LogP contribution < -0.4 is 0 Å². The fraction of sp³-hybridized carbons (Fsp3) is 0.273. The molecule has 0 aromatic heterocycles. The van der Waals surface area contributed by atoms with Gasteiger partial charge in [0.25, 0.3) is 0 Å². The normalized spacial score (nSPS) is 10.8. The van der Waals surface area contributed by atoms with Crippen molar-refractivity contribution in [1.82, 2.24) is 0 Å². The van der Waals surface area contributed by atoms with E-state index in [1.807, 2.05) is 0 Å². The standard InChI is InChI=1S/C11H9BrF2O/c1-11(2,15)6-5-7-9(13)4-3-8(12)10(7)14/h3-4,15H,1-2H3. The van der Waals surface area contributed by atoms with Crippen molar-refractivity contribution in [3.63, 3.8) is 0 Å². The SMILES string of the molecule is CC(C)(O)C#Cc1c(F)ccc(Br)c1F. The lowest BCUT2D eigenvalue weighted by Gasteiger charge is -2.06. The van der Waals surface area contributed by atoms with Crippen LogP contribution in [-0.2, 0) is 0 Å². The molecule has 0 fully saturated rings. The monoisotopic (exact) mass is 274 g/mol. The maximum atomic E-state index is 13.4. The van der Waals surface area contributed by atoms with Crippen LogP contribution in [0.25, 0.3) is 0 Å². The molecule has 0 aliphatic heterocycles. The van der Waals surface area contributed by atoms with E-state index in [9.17, 15) is 13.9 Å². The Morgan fingerprint density at radius 3 is 2.47 bits per heavy atom. The third kappa shape index (κ3) is 3.29. The predicted octanol–water partition coefficient (Wildman–Crippen LogP) is 2.85. The van der Waals surface area contributed by atoms with E-state index in [1.54, 1.807) is 0 Å². The molecule has 1 aromatic rings. The van der Waals surface area contributed by atoms with Gasteiger partial charge in [-0.25, -0.2) is 8.78 Å². The summed E-state index contributed by atoms with van der Waals surface area (Å²) < 4.78 is 26.7. The molecule has 1 nitrogen and oxygen atoms in total. The van der Waals surface area contributed by atoms with E-state index in [-0.39, 0.29) is 10.0 Å². The van der Waals surface area contributed by atoms with Gasteiger partial charge in [-0.05, 0) is 41.9 Å². The van der Waals surface area contributed by atoms with Crippen molar-refractivity contribution < 1.29 is 13.9 Å². The van der Waals surface area contributed by atoms with Gasteiger partial charge in [0, 0.05) is 0 Å². The first-order valence-corrected chi connectivity index (χ1v) is 4.99. The summed E-state index contributed by atoms with van der Waals surface area (Å²) >= 11 is 2.93. The van der Waals surface area contributed by atoms with Gasteiger partial charge in [0.15, 0.2) is 5.82 Å². The molecule has 0 radical (unpaired) electrons. The van der Waals surface area contributed by atoms with Crippen LogP contribution in [0, 0.1) is 23.5 Å². The number of halogens is 3. The molecule has 0 aliphatic rings. The number of aliphatic hydroxyl groups is 1. The Kier molecular flexibility index (Phi) is 3.48. The first-order valence-electron chi connectivity index (χ1n) is 4.20. The van der Waals surface area contributed by atoms with Crippen LogP contribution in [0.5, 0.6) is 0 Å². The third-order valence-corrected chi connectivity index (χ3v) is 2.15. The molecule has 0 saturated carbocycles. The average molecular weight is 275 g/mol. The van der Waals surface area contributed by atoms with Crippen LogP contribution in [0.1, 0.15) is 19.4 Å². The summed E-state index contributed by atoms with van der Waals surface area (Å²) in [5, 5.41) is 9.30. The molecule has 0 atom stereocenters. The highest BCUT2D eigenvalue weighted by atomic mass is 79.9. The molecule has 0 unspecified atom stereocenters. The van der Waals surface area contributed by atoms with Crippen LogP contribution >= 0.6 is 15.9 Å². The summed E-state index contributed by atoms with van der Waals surface area (Å²) in [5.74, 6) is 3.13.